The van der Waals surface area contributed by atoms with Gasteiger partial charge >= 0.3 is 5.97 Å². The molecule has 0 aromatic heterocycles. The average molecular weight is 222 g/mol. The monoisotopic (exact) mass is 222 g/mol. The molecule has 1 aromatic rings. The third-order valence-corrected chi connectivity index (χ3v) is 2.19. The molecule has 16 heavy (non-hydrogen) atoms. The van der Waals surface area contributed by atoms with Gasteiger partial charge in [0.2, 0.25) is 11.9 Å². The Kier molecular flexibility index (Phi) is 3.52. The van der Waals surface area contributed by atoms with Crippen LogP contribution in [0.2, 0.25) is 0 Å². The number of aliphatic hydroxyl groups excluding tert-OH is 1. The number of aliphatic hydroxyl groups is 1. The Morgan fingerprint density at radius 2 is 2.00 bits per heavy atom. The van der Waals surface area contributed by atoms with Crippen LogP contribution in [0.4, 0.5) is 0 Å². The van der Waals surface area contributed by atoms with E-state index in [0.29, 0.717) is 11.8 Å². The number of ketones is 1. The second kappa shape index (κ2) is 4.67. The van der Waals surface area contributed by atoms with Crippen molar-refractivity contribution < 1.29 is 24.6 Å². The summed E-state index contributed by atoms with van der Waals surface area (Å²) in [7, 11) is 0. The molecule has 0 amide bonds. The summed E-state index contributed by atoms with van der Waals surface area (Å²) in [5, 5.41) is 17.6. The number of benzene rings is 1. The fourth-order valence-electron chi connectivity index (χ4n) is 1.31. The molecular formula is C11H10O5. The molecule has 0 fully saturated rings. The van der Waals surface area contributed by atoms with Crippen LogP contribution in [0.15, 0.2) is 18.2 Å². The van der Waals surface area contributed by atoms with Gasteiger partial charge in [-0.25, -0.2) is 4.79 Å². The Morgan fingerprint density at radius 1 is 1.38 bits per heavy atom. The first-order valence-electron chi connectivity index (χ1n) is 4.49. The van der Waals surface area contributed by atoms with Crippen LogP contribution >= 0.6 is 0 Å². The number of hydrogen-bond donors (Lipinski definition) is 2. The summed E-state index contributed by atoms with van der Waals surface area (Å²) in [5.74, 6) is -2.62. The number of carbonyl (C=O) groups excluding carboxylic acids is 2. The van der Waals surface area contributed by atoms with Gasteiger partial charge in [0.05, 0.1) is 0 Å². The minimum Gasteiger partial charge on any atom is -0.479 e. The lowest BCUT2D eigenvalue weighted by Crippen LogP contribution is -2.30. The standard InChI is InChI=1S/C11H10O5/c1-6-3-2-4-7(8(6)5-12)9(13)10(14)11(15)16/h2-5,10,14H,1H3,(H,15,16). The third-order valence-electron chi connectivity index (χ3n) is 2.19. The van der Waals surface area contributed by atoms with Crippen LogP contribution in [0, 0.1) is 6.92 Å². The van der Waals surface area contributed by atoms with Crippen molar-refractivity contribution in [1.82, 2.24) is 0 Å². The number of carbonyl (C=O) groups is 3. The highest BCUT2D eigenvalue weighted by Crippen LogP contribution is 2.14. The molecule has 1 unspecified atom stereocenters. The molecule has 5 nitrogen and oxygen atoms in total. The lowest BCUT2D eigenvalue weighted by molar-refractivity contribution is -0.143. The van der Waals surface area contributed by atoms with Gasteiger partial charge in [-0.1, -0.05) is 18.2 Å². The van der Waals surface area contributed by atoms with E-state index >= 15 is 0 Å². The van der Waals surface area contributed by atoms with E-state index in [1.54, 1.807) is 13.0 Å². The Balaban J connectivity index is 3.23. The molecule has 0 spiro atoms. The number of aldehydes is 1. The lowest BCUT2D eigenvalue weighted by Gasteiger charge is -2.08. The molecule has 0 saturated carbocycles. The Bertz CT molecular complexity index is 450. The molecule has 0 aliphatic carbocycles. The molecule has 84 valence electrons. The Hall–Kier alpha value is -2.01. The molecule has 0 saturated heterocycles. The Morgan fingerprint density at radius 3 is 2.50 bits per heavy atom. The van der Waals surface area contributed by atoms with E-state index in [0.717, 1.165) is 0 Å². The largest absolute Gasteiger partial charge is 0.479 e. The molecule has 0 heterocycles. The van der Waals surface area contributed by atoms with Crippen molar-refractivity contribution in [3.63, 3.8) is 0 Å². The first kappa shape index (κ1) is 12.1. The second-order valence-electron chi connectivity index (χ2n) is 3.26. The van der Waals surface area contributed by atoms with Crippen LogP contribution < -0.4 is 0 Å². The van der Waals surface area contributed by atoms with Gasteiger partial charge in [-0.3, -0.25) is 9.59 Å². The topological polar surface area (TPSA) is 91.7 Å². The van der Waals surface area contributed by atoms with E-state index in [1.165, 1.54) is 12.1 Å². The van der Waals surface area contributed by atoms with Crippen molar-refractivity contribution in [1.29, 1.82) is 0 Å². The molecular weight excluding hydrogens is 212 g/mol. The SMILES string of the molecule is Cc1cccc(C(=O)C(O)C(=O)O)c1C=O. The van der Waals surface area contributed by atoms with E-state index in [-0.39, 0.29) is 11.1 Å². The van der Waals surface area contributed by atoms with Crippen molar-refractivity contribution in [2.75, 3.05) is 0 Å². The number of aliphatic carboxylic acids is 1. The zero-order chi connectivity index (χ0) is 12.3. The van der Waals surface area contributed by atoms with E-state index in [2.05, 4.69) is 0 Å². The maximum atomic E-state index is 11.5. The smallest absolute Gasteiger partial charge is 0.340 e. The number of carboxylic acids is 1. The number of Topliss-reactive ketones (excluding diaryl/α,β-unsaturated/α-hetero) is 1. The minimum absolute atomic E-state index is 0.0788. The second-order valence-corrected chi connectivity index (χ2v) is 3.26. The minimum atomic E-state index is -2.14. The van der Waals surface area contributed by atoms with Crippen molar-refractivity contribution >= 4 is 18.0 Å². The number of carboxylic acid groups (broad SMARTS) is 1. The van der Waals surface area contributed by atoms with Crippen molar-refractivity contribution in [2.45, 2.75) is 13.0 Å². The van der Waals surface area contributed by atoms with Gasteiger partial charge in [0.25, 0.3) is 0 Å². The molecule has 1 rings (SSSR count). The van der Waals surface area contributed by atoms with Gasteiger partial charge in [0.15, 0.2) is 6.29 Å². The van der Waals surface area contributed by atoms with E-state index in [1.807, 2.05) is 0 Å². The van der Waals surface area contributed by atoms with Crippen molar-refractivity contribution in [3.8, 4) is 0 Å². The molecule has 0 radical (unpaired) electrons. The summed E-state index contributed by atoms with van der Waals surface area (Å²) in [5.41, 5.74) is 0.580. The summed E-state index contributed by atoms with van der Waals surface area (Å²) in [4.78, 5) is 32.7. The predicted molar refractivity (Wildman–Crippen MR) is 54.5 cm³/mol. The van der Waals surface area contributed by atoms with E-state index < -0.39 is 17.9 Å². The summed E-state index contributed by atoms with van der Waals surface area (Å²) in [6.45, 7) is 1.62. The fraction of sp³-hybridized carbons (Fsp3) is 0.182. The van der Waals surface area contributed by atoms with Crippen LogP contribution in [0.3, 0.4) is 0 Å². The van der Waals surface area contributed by atoms with Gasteiger partial charge in [0.1, 0.15) is 0 Å². The van der Waals surface area contributed by atoms with Crippen molar-refractivity contribution in [3.05, 3.63) is 34.9 Å². The van der Waals surface area contributed by atoms with Gasteiger partial charge in [-0.2, -0.15) is 0 Å². The third kappa shape index (κ3) is 2.14. The highest BCUT2D eigenvalue weighted by molar-refractivity contribution is 6.13. The molecule has 2 N–H and O–H groups in total. The van der Waals surface area contributed by atoms with Crippen molar-refractivity contribution in [2.24, 2.45) is 0 Å². The van der Waals surface area contributed by atoms with Gasteiger partial charge in [0, 0.05) is 11.1 Å². The average Bonchev–Trinajstić information content (AvgIpc) is 2.26. The predicted octanol–water partition coefficient (Wildman–Crippen LogP) is 0.436. The first-order chi connectivity index (χ1) is 7.49. The van der Waals surface area contributed by atoms with Crippen LogP contribution in [0.1, 0.15) is 26.3 Å². The number of hydrogen-bond acceptors (Lipinski definition) is 4. The zero-order valence-electron chi connectivity index (χ0n) is 8.51. The normalized spacial score (nSPS) is 11.9. The molecule has 5 heteroatoms. The number of rotatable bonds is 4. The van der Waals surface area contributed by atoms with Gasteiger partial charge < -0.3 is 10.2 Å². The van der Waals surface area contributed by atoms with Gasteiger partial charge in [-0.15, -0.1) is 0 Å². The summed E-state index contributed by atoms with van der Waals surface area (Å²) >= 11 is 0. The molecule has 0 bridgehead atoms. The first-order valence-corrected chi connectivity index (χ1v) is 4.49. The fourth-order valence-corrected chi connectivity index (χ4v) is 1.31. The summed E-state index contributed by atoms with van der Waals surface area (Å²) in [6, 6.07) is 4.45. The van der Waals surface area contributed by atoms with Gasteiger partial charge in [-0.05, 0) is 12.5 Å². The van der Waals surface area contributed by atoms with Crippen LogP contribution in [0.25, 0.3) is 0 Å². The summed E-state index contributed by atoms with van der Waals surface area (Å²) in [6.07, 6.45) is -1.67. The molecule has 1 aromatic carbocycles. The maximum absolute atomic E-state index is 11.5. The number of aryl methyl sites for hydroxylation is 1. The van der Waals surface area contributed by atoms with E-state index in [4.69, 9.17) is 10.2 Å². The van der Waals surface area contributed by atoms with Crippen LogP contribution in [0.5, 0.6) is 0 Å². The highest BCUT2D eigenvalue weighted by Gasteiger charge is 2.26. The highest BCUT2D eigenvalue weighted by atomic mass is 16.4. The molecule has 1 atom stereocenters. The van der Waals surface area contributed by atoms with Crippen LogP contribution in [-0.4, -0.2) is 34.4 Å². The quantitative estimate of drug-likeness (QED) is 0.438. The lowest BCUT2D eigenvalue weighted by atomic mass is 9.97. The molecule has 0 aliphatic rings. The Labute approximate surface area is 91.3 Å². The van der Waals surface area contributed by atoms with Crippen LogP contribution in [-0.2, 0) is 4.79 Å². The summed E-state index contributed by atoms with van der Waals surface area (Å²) < 4.78 is 0. The zero-order valence-corrected chi connectivity index (χ0v) is 8.51. The van der Waals surface area contributed by atoms with E-state index in [9.17, 15) is 14.4 Å². The maximum Gasteiger partial charge on any atom is 0.340 e. The molecule has 0 aliphatic heterocycles.